The lowest BCUT2D eigenvalue weighted by atomic mass is 10.1. The van der Waals surface area contributed by atoms with E-state index in [1.54, 1.807) is 8.99 Å². The average Bonchev–Trinajstić information content (AvgIpc) is 2.87. The number of anilines is 1. The third kappa shape index (κ3) is 3.39. The van der Waals surface area contributed by atoms with Gasteiger partial charge >= 0.3 is 6.09 Å². The fourth-order valence-corrected chi connectivity index (χ4v) is 3.05. The van der Waals surface area contributed by atoms with Gasteiger partial charge < -0.3 is 14.5 Å². The van der Waals surface area contributed by atoms with Crippen LogP contribution in [0.2, 0.25) is 0 Å². The third-order valence-corrected chi connectivity index (χ3v) is 4.23. The molecular weight excluding hydrogens is 314 g/mol. The summed E-state index contributed by atoms with van der Waals surface area (Å²) in [6, 6.07) is 8.14. The molecule has 2 heterocycles. The van der Waals surface area contributed by atoms with Crippen molar-refractivity contribution >= 4 is 34.5 Å². The van der Waals surface area contributed by atoms with Crippen molar-refractivity contribution in [1.82, 2.24) is 8.99 Å². The number of nitrogens with zero attached hydrogens (tertiary/aromatic N) is 3. The molecule has 3 rings (SSSR count). The van der Waals surface area contributed by atoms with Crippen LogP contribution in [0.15, 0.2) is 30.5 Å². The third-order valence-electron chi connectivity index (χ3n) is 3.93. The summed E-state index contributed by atoms with van der Waals surface area (Å²) in [5, 5.41) is 1.13. The van der Waals surface area contributed by atoms with Gasteiger partial charge in [-0.15, -0.1) is 0 Å². The maximum atomic E-state index is 12.1. The number of ether oxygens (including phenoxy) is 1. The molecule has 1 amide bonds. The summed E-state index contributed by atoms with van der Waals surface area (Å²) < 4.78 is 7.05. The van der Waals surface area contributed by atoms with Gasteiger partial charge in [-0.2, -0.15) is 0 Å². The molecule has 1 aromatic carbocycles. The summed E-state index contributed by atoms with van der Waals surface area (Å²) in [5.74, 6) is 0. The Bertz CT molecular complexity index is 712. The number of fused-ring (bicyclic) bond motifs is 1. The summed E-state index contributed by atoms with van der Waals surface area (Å²) in [5.41, 5.74) is 1.70. The number of carbonyl (C=O) groups excluding carboxylic acids is 1. The second kappa shape index (κ2) is 5.96. The van der Waals surface area contributed by atoms with E-state index >= 15 is 0 Å². The molecule has 23 heavy (non-hydrogen) atoms. The minimum absolute atomic E-state index is 0.234. The van der Waals surface area contributed by atoms with Crippen molar-refractivity contribution in [2.75, 3.05) is 31.1 Å². The molecule has 1 aliphatic heterocycles. The Morgan fingerprint density at radius 3 is 2.48 bits per heavy atom. The van der Waals surface area contributed by atoms with Crippen LogP contribution in [-0.4, -0.2) is 46.9 Å². The van der Waals surface area contributed by atoms with E-state index in [-0.39, 0.29) is 6.09 Å². The van der Waals surface area contributed by atoms with Gasteiger partial charge in [0.05, 0.1) is 5.52 Å². The number of carbonyl (C=O) groups is 1. The molecule has 0 bridgehead atoms. The fourth-order valence-electron chi connectivity index (χ4n) is 2.85. The van der Waals surface area contributed by atoms with Gasteiger partial charge in [0.1, 0.15) is 5.60 Å². The van der Waals surface area contributed by atoms with Crippen LogP contribution < -0.4 is 4.90 Å². The number of hydrogen-bond acceptors (Lipinski definition) is 3. The zero-order valence-electron chi connectivity index (χ0n) is 13.8. The van der Waals surface area contributed by atoms with Gasteiger partial charge in [0.25, 0.3) is 0 Å². The minimum Gasteiger partial charge on any atom is -0.444 e. The monoisotopic (exact) mass is 335 g/mol. The van der Waals surface area contributed by atoms with Crippen LogP contribution in [0.25, 0.3) is 10.9 Å². The molecule has 0 atom stereocenters. The van der Waals surface area contributed by atoms with E-state index in [0.717, 1.165) is 29.7 Å². The molecule has 2 aromatic rings. The number of amides is 1. The van der Waals surface area contributed by atoms with Crippen LogP contribution in [0.3, 0.4) is 0 Å². The molecule has 1 aromatic heterocycles. The molecule has 0 N–H and O–H groups in total. The Labute approximate surface area is 141 Å². The molecule has 6 heteroatoms. The number of piperazine rings is 1. The lowest BCUT2D eigenvalue weighted by molar-refractivity contribution is 0.0241. The van der Waals surface area contributed by atoms with E-state index in [1.807, 2.05) is 45.2 Å². The van der Waals surface area contributed by atoms with Crippen molar-refractivity contribution in [3.05, 3.63) is 30.5 Å². The van der Waals surface area contributed by atoms with Crippen LogP contribution >= 0.6 is 11.8 Å². The number of halogens is 1. The molecular formula is C17H22ClN3O2. The fraction of sp³-hybridized carbons (Fsp3) is 0.471. The Balaban J connectivity index is 1.70. The summed E-state index contributed by atoms with van der Waals surface area (Å²) >= 11 is 6.14. The average molecular weight is 336 g/mol. The molecule has 0 spiro atoms. The zero-order chi connectivity index (χ0) is 16.6. The highest BCUT2D eigenvalue weighted by atomic mass is 35.5. The molecule has 1 fully saturated rings. The second-order valence-corrected chi connectivity index (χ2v) is 7.16. The summed E-state index contributed by atoms with van der Waals surface area (Å²) in [6.45, 7) is 8.55. The molecule has 0 aliphatic carbocycles. The first-order valence-electron chi connectivity index (χ1n) is 7.84. The van der Waals surface area contributed by atoms with Gasteiger partial charge in [0.15, 0.2) is 0 Å². The smallest absolute Gasteiger partial charge is 0.410 e. The van der Waals surface area contributed by atoms with E-state index in [1.165, 1.54) is 0 Å². The second-order valence-electron chi connectivity index (χ2n) is 6.79. The normalized spacial score (nSPS) is 16.0. The van der Waals surface area contributed by atoms with Crippen molar-refractivity contribution in [2.45, 2.75) is 26.4 Å². The van der Waals surface area contributed by atoms with Gasteiger partial charge in [-0.05, 0) is 39.0 Å². The predicted octanol–water partition coefficient (Wildman–Crippen LogP) is 3.70. The first kappa shape index (κ1) is 16.0. The molecule has 5 nitrogen and oxygen atoms in total. The number of hydrogen-bond donors (Lipinski definition) is 0. The molecule has 0 unspecified atom stereocenters. The standard InChI is InChI=1S/C17H22ClN3O2/c1-17(2,3)23-16(22)20-11-9-19(10-12-20)14-5-4-6-15-13(14)7-8-21(15)18/h4-8H,9-12H2,1-3H3. The Morgan fingerprint density at radius 2 is 1.83 bits per heavy atom. The van der Waals surface area contributed by atoms with E-state index in [2.05, 4.69) is 11.0 Å². The first-order chi connectivity index (χ1) is 10.8. The van der Waals surface area contributed by atoms with Crippen molar-refractivity contribution in [3.8, 4) is 0 Å². The molecule has 0 radical (unpaired) electrons. The molecule has 0 saturated carbocycles. The van der Waals surface area contributed by atoms with E-state index in [9.17, 15) is 4.79 Å². The van der Waals surface area contributed by atoms with Gasteiger partial charge in [0, 0.05) is 55.2 Å². The topological polar surface area (TPSA) is 37.7 Å². The van der Waals surface area contributed by atoms with E-state index in [0.29, 0.717) is 13.1 Å². The van der Waals surface area contributed by atoms with Crippen LogP contribution in [0.5, 0.6) is 0 Å². The lowest BCUT2D eigenvalue weighted by Crippen LogP contribution is -2.50. The van der Waals surface area contributed by atoms with E-state index in [4.69, 9.17) is 16.5 Å². The van der Waals surface area contributed by atoms with Crippen LogP contribution in [0.4, 0.5) is 10.5 Å². The van der Waals surface area contributed by atoms with Gasteiger partial charge in [-0.1, -0.05) is 6.07 Å². The highest BCUT2D eigenvalue weighted by Gasteiger charge is 2.26. The van der Waals surface area contributed by atoms with E-state index < -0.39 is 5.60 Å². The maximum Gasteiger partial charge on any atom is 0.410 e. The lowest BCUT2D eigenvalue weighted by Gasteiger charge is -2.37. The van der Waals surface area contributed by atoms with Gasteiger partial charge in [-0.25, -0.2) is 4.79 Å². The molecule has 124 valence electrons. The van der Waals surface area contributed by atoms with Gasteiger partial charge in [0.2, 0.25) is 0 Å². The Hall–Kier alpha value is -1.88. The maximum absolute atomic E-state index is 12.1. The van der Waals surface area contributed by atoms with Crippen molar-refractivity contribution in [3.63, 3.8) is 0 Å². The quantitative estimate of drug-likeness (QED) is 0.797. The Kier molecular flexibility index (Phi) is 4.15. The zero-order valence-corrected chi connectivity index (χ0v) is 14.5. The highest BCUT2D eigenvalue weighted by Crippen LogP contribution is 2.29. The molecule has 1 saturated heterocycles. The van der Waals surface area contributed by atoms with Crippen LogP contribution in [-0.2, 0) is 4.74 Å². The largest absolute Gasteiger partial charge is 0.444 e. The number of rotatable bonds is 1. The number of benzene rings is 1. The summed E-state index contributed by atoms with van der Waals surface area (Å²) in [6.07, 6.45) is 1.62. The summed E-state index contributed by atoms with van der Waals surface area (Å²) in [4.78, 5) is 16.2. The highest BCUT2D eigenvalue weighted by molar-refractivity contribution is 6.19. The molecule has 1 aliphatic rings. The van der Waals surface area contributed by atoms with Crippen LogP contribution in [0, 0.1) is 0 Å². The summed E-state index contributed by atoms with van der Waals surface area (Å²) in [7, 11) is 0. The first-order valence-corrected chi connectivity index (χ1v) is 8.18. The SMILES string of the molecule is CC(C)(C)OC(=O)N1CCN(c2cccc3c2ccn3Cl)CC1. The number of aromatic nitrogens is 1. The van der Waals surface area contributed by atoms with Crippen molar-refractivity contribution in [1.29, 1.82) is 0 Å². The van der Waals surface area contributed by atoms with Gasteiger partial charge in [-0.3, -0.25) is 4.09 Å². The van der Waals surface area contributed by atoms with Crippen molar-refractivity contribution in [2.24, 2.45) is 0 Å². The minimum atomic E-state index is -0.455. The van der Waals surface area contributed by atoms with Crippen LogP contribution in [0.1, 0.15) is 20.8 Å². The van der Waals surface area contributed by atoms with Crippen molar-refractivity contribution < 1.29 is 9.53 Å². The predicted molar refractivity (Wildman–Crippen MR) is 93.2 cm³/mol. The Morgan fingerprint density at radius 1 is 1.13 bits per heavy atom.